The van der Waals surface area contributed by atoms with Crippen molar-refractivity contribution in [1.82, 2.24) is 4.72 Å². The Balaban J connectivity index is 2.86. The minimum absolute atomic E-state index is 0.0701. The highest BCUT2D eigenvalue weighted by Gasteiger charge is 2.16. The molecular weight excluding hydrogens is 314 g/mol. The quantitative estimate of drug-likeness (QED) is 0.928. The van der Waals surface area contributed by atoms with Gasteiger partial charge >= 0.3 is 0 Å². The molecule has 88 valence electrons. The minimum Gasteiger partial charge on any atom is -0.261 e. The monoisotopic (exact) mass is 323 g/mol. The number of nitrogens with one attached hydrogen (secondary N) is 1. The summed E-state index contributed by atoms with van der Waals surface area (Å²) >= 11 is 4.12. The lowest BCUT2D eigenvalue weighted by molar-refractivity contribution is 0.265. The third-order valence-corrected chi connectivity index (χ3v) is 4.27. The Labute approximate surface area is 107 Å². The summed E-state index contributed by atoms with van der Waals surface area (Å²) in [4.78, 5) is 11.2. The molecule has 0 unspecified atom stereocenters. The van der Waals surface area contributed by atoms with E-state index in [-0.39, 0.29) is 4.90 Å². The Kier molecular flexibility index (Phi) is 4.82. The molecule has 1 aromatic rings. The fraction of sp³-hybridized carbons (Fsp3) is 0.222. The largest absolute Gasteiger partial charge is 0.292 e. The summed E-state index contributed by atoms with van der Waals surface area (Å²) < 4.78 is 26.1. The summed E-state index contributed by atoms with van der Waals surface area (Å²) in [5.74, 6) is 0.529. The van der Waals surface area contributed by atoms with Gasteiger partial charge in [0.25, 0.3) is 15.3 Å². The summed E-state index contributed by atoms with van der Waals surface area (Å²) in [6, 6.07) is 6.06. The van der Waals surface area contributed by atoms with Crippen molar-refractivity contribution in [2.45, 2.75) is 11.8 Å². The van der Waals surface area contributed by atoms with Crippen molar-refractivity contribution in [1.29, 1.82) is 0 Å². The summed E-state index contributed by atoms with van der Waals surface area (Å²) in [6.45, 7) is 1.77. The van der Waals surface area contributed by atoms with Crippen molar-refractivity contribution in [2.24, 2.45) is 0 Å². The van der Waals surface area contributed by atoms with Crippen molar-refractivity contribution in [3.8, 4) is 0 Å². The molecule has 0 aliphatic rings. The number of carbonyl (C=O) groups excluding carboxylic acids is 1. The lowest BCUT2D eigenvalue weighted by Gasteiger charge is -2.05. The Hall–Kier alpha value is -0.530. The average molecular weight is 324 g/mol. The fourth-order valence-corrected chi connectivity index (χ4v) is 2.87. The maximum atomic E-state index is 11.7. The van der Waals surface area contributed by atoms with Crippen LogP contribution < -0.4 is 4.72 Å². The number of halogens is 1. The number of rotatable bonds is 3. The first-order valence-electron chi connectivity index (χ1n) is 4.41. The normalized spacial score (nSPS) is 11.1. The number of hydrogen-bond acceptors (Lipinski definition) is 4. The Morgan fingerprint density at radius 2 is 1.94 bits per heavy atom. The molecule has 0 fully saturated rings. The highest BCUT2D eigenvalue weighted by Crippen LogP contribution is 2.15. The van der Waals surface area contributed by atoms with Crippen molar-refractivity contribution in [3.05, 3.63) is 28.7 Å². The molecule has 0 heterocycles. The summed E-state index contributed by atoms with van der Waals surface area (Å²) in [5, 5.41) is -0.564. The first-order valence-corrected chi connectivity index (χ1v) is 7.67. The van der Waals surface area contributed by atoms with Gasteiger partial charge in [-0.2, -0.15) is 0 Å². The SMILES string of the molecule is CCSC(=O)NS(=O)(=O)c1ccc(Br)cc1. The fourth-order valence-electron chi connectivity index (χ4n) is 0.943. The van der Waals surface area contributed by atoms with Crippen LogP contribution >= 0.6 is 27.7 Å². The van der Waals surface area contributed by atoms with Gasteiger partial charge in [0, 0.05) is 4.47 Å². The number of benzene rings is 1. The zero-order valence-corrected chi connectivity index (χ0v) is 11.7. The van der Waals surface area contributed by atoms with E-state index < -0.39 is 15.3 Å². The molecular formula is C9H10BrNO3S2. The first-order chi connectivity index (χ1) is 7.45. The van der Waals surface area contributed by atoms with Gasteiger partial charge in [0.1, 0.15) is 0 Å². The molecule has 0 aliphatic carbocycles. The molecule has 1 N–H and O–H groups in total. The van der Waals surface area contributed by atoms with Crippen LogP contribution in [0.4, 0.5) is 4.79 Å². The van der Waals surface area contributed by atoms with Crippen molar-refractivity contribution in [2.75, 3.05) is 5.75 Å². The second-order valence-corrected chi connectivity index (χ2v) is 6.61. The number of carbonyl (C=O) groups is 1. The van der Waals surface area contributed by atoms with Crippen LogP contribution in [0.2, 0.25) is 0 Å². The van der Waals surface area contributed by atoms with Gasteiger partial charge in [-0.1, -0.05) is 34.6 Å². The summed E-state index contributed by atoms with van der Waals surface area (Å²) in [7, 11) is -3.74. The van der Waals surface area contributed by atoms with Gasteiger partial charge in [0.15, 0.2) is 0 Å². The molecule has 1 rings (SSSR count). The van der Waals surface area contributed by atoms with Crippen LogP contribution in [0.3, 0.4) is 0 Å². The van der Waals surface area contributed by atoms with Crippen LogP contribution in [-0.2, 0) is 10.0 Å². The molecule has 7 heteroatoms. The Morgan fingerprint density at radius 1 is 1.38 bits per heavy atom. The molecule has 0 aromatic heterocycles. The van der Waals surface area contributed by atoms with Gasteiger partial charge in [0.2, 0.25) is 0 Å². The first kappa shape index (κ1) is 13.5. The zero-order chi connectivity index (χ0) is 12.2. The Bertz CT molecular complexity index is 470. The number of hydrogen-bond donors (Lipinski definition) is 1. The van der Waals surface area contributed by atoms with Crippen molar-refractivity contribution in [3.63, 3.8) is 0 Å². The third-order valence-electron chi connectivity index (χ3n) is 1.62. The van der Waals surface area contributed by atoms with E-state index in [2.05, 4.69) is 15.9 Å². The second kappa shape index (κ2) is 5.70. The van der Waals surface area contributed by atoms with Gasteiger partial charge in [0.05, 0.1) is 4.90 Å². The predicted octanol–water partition coefficient (Wildman–Crippen LogP) is 2.60. The molecule has 0 bridgehead atoms. The number of thioether (sulfide) groups is 1. The summed E-state index contributed by atoms with van der Waals surface area (Å²) in [5.41, 5.74) is 0. The van der Waals surface area contributed by atoms with Crippen molar-refractivity contribution >= 4 is 43.0 Å². The van der Waals surface area contributed by atoms with Crippen LogP contribution in [0, 0.1) is 0 Å². The molecule has 0 spiro atoms. The lowest BCUT2D eigenvalue weighted by Crippen LogP contribution is -2.27. The zero-order valence-electron chi connectivity index (χ0n) is 8.44. The van der Waals surface area contributed by atoms with E-state index in [0.29, 0.717) is 5.75 Å². The van der Waals surface area contributed by atoms with Crippen LogP contribution in [-0.4, -0.2) is 19.4 Å². The average Bonchev–Trinajstić information content (AvgIpc) is 2.17. The van der Waals surface area contributed by atoms with Gasteiger partial charge in [-0.05, 0) is 30.0 Å². The van der Waals surface area contributed by atoms with E-state index in [0.717, 1.165) is 16.2 Å². The smallest absolute Gasteiger partial charge is 0.261 e. The van der Waals surface area contributed by atoms with Gasteiger partial charge in [-0.3, -0.25) is 4.79 Å². The summed E-state index contributed by atoms with van der Waals surface area (Å²) in [6.07, 6.45) is 0. The molecule has 16 heavy (non-hydrogen) atoms. The maximum absolute atomic E-state index is 11.7. The van der Waals surface area contributed by atoms with Crippen LogP contribution in [0.25, 0.3) is 0 Å². The van der Waals surface area contributed by atoms with E-state index in [1.807, 2.05) is 4.72 Å². The van der Waals surface area contributed by atoms with E-state index in [1.54, 1.807) is 19.1 Å². The van der Waals surface area contributed by atoms with Crippen LogP contribution in [0.15, 0.2) is 33.6 Å². The number of sulfonamides is 1. The van der Waals surface area contributed by atoms with E-state index in [1.165, 1.54) is 12.1 Å². The van der Waals surface area contributed by atoms with Crippen LogP contribution in [0.5, 0.6) is 0 Å². The molecule has 4 nitrogen and oxygen atoms in total. The van der Waals surface area contributed by atoms with Crippen molar-refractivity contribution < 1.29 is 13.2 Å². The second-order valence-electron chi connectivity index (χ2n) is 2.78. The van der Waals surface area contributed by atoms with E-state index in [9.17, 15) is 13.2 Å². The molecule has 0 saturated carbocycles. The Morgan fingerprint density at radius 3 is 2.44 bits per heavy atom. The van der Waals surface area contributed by atoms with Gasteiger partial charge in [-0.15, -0.1) is 0 Å². The van der Waals surface area contributed by atoms with Gasteiger partial charge in [-0.25, -0.2) is 13.1 Å². The molecule has 0 radical (unpaired) electrons. The van der Waals surface area contributed by atoms with E-state index >= 15 is 0 Å². The highest BCUT2D eigenvalue weighted by molar-refractivity contribution is 9.10. The number of amides is 1. The third kappa shape index (κ3) is 3.80. The maximum Gasteiger partial charge on any atom is 0.292 e. The molecule has 0 aliphatic heterocycles. The molecule has 1 amide bonds. The highest BCUT2D eigenvalue weighted by atomic mass is 79.9. The molecule has 1 aromatic carbocycles. The predicted molar refractivity (Wildman–Crippen MR) is 68.0 cm³/mol. The standard InChI is InChI=1S/C9H10BrNO3S2/c1-2-15-9(12)11-16(13,14)8-5-3-7(10)4-6-8/h3-6H,2H2,1H3,(H,11,12). The molecule has 0 atom stereocenters. The van der Waals surface area contributed by atoms with Gasteiger partial charge < -0.3 is 0 Å². The van der Waals surface area contributed by atoms with E-state index in [4.69, 9.17) is 0 Å². The lowest BCUT2D eigenvalue weighted by atomic mass is 10.4. The topological polar surface area (TPSA) is 63.2 Å². The minimum atomic E-state index is -3.74. The molecule has 0 saturated heterocycles. The van der Waals surface area contributed by atoms with Crippen LogP contribution in [0.1, 0.15) is 6.92 Å².